The van der Waals surface area contributed by atoms with Gasteiger partial charge in [0.2, 0.25) is 0 Å². The molecule has 0 amide bonds. The zero-order valence-electron chi connectivity index (χ0n) is 11.6. The zero-order chi connectivity index (χ0) is 15.6. The van der Waals surface area contributed by atoms with Crippen molar-refractivity contribution in [1.82, 2.24) is 9.55 Å². The predicted molar refractivity (Wildman–Crippen MR) is 70.6 cm³/mol. The molecular formula is C12H17N3O6. The molecule has 1 aliphatic rings. The van der Waals surface area contributed by atoms with Crippen LogP contribution in [0.25, 0.3) is 0 Å². The lowest BCUT2D eigenvalue weighted by atomic mass is 10.1. The lowest BCUT2D eigenvalue weighted by Crippen LogP contribution is -2.38. The van der Waals surface area contributed by atoms with Crippen LogP contribution in [0.15, 0.2) is 17.1 Å². The van der Waals surface area contributed by atoms with Crippen LogP contribution in [0.2, 0.25) is 0 Å². The van der Waals surface area contributed by atoms with E-state index in [-0.39, 0.29) is 0 Å². The summed E-state index contributed by atoms with van der Waals surface area (Å²) in [6, 6.07) is 1.53. The molecule has 0 radical (unpaired) electrons. The Morgan fingerprint density at radius 2 is 2.33 bits per heavy atom. The number of esters is 1. The van der Waals surface area contributed by atoms with Crippen molar-refractivity contribution in [3.05, 3.63) is 22.7 Å². The van der Waals surface area contributed by atoms with Crippen molar-refractivity contribution in [1.29, 1.82) is 0 Å². The van der Waals surface area contributed by atoms with Crippen LogP contribution >= 0.6 is 0 Å². The van der Waals surface area contributed by atoms with Gasteiger partial charge in [-0.3, -0.25) is 9.36 Å². The summed E-state index contributed by atoms with van der Waals surface area (Å²) in [5.74, 6) is -0.239. The van der Waals surface area contributed by atoms with Crippen LogP contribution in [0, 0.1) is 0 Å². The number of carbonyl (C=O) groups excluding carboxylic acids is 1. The number of hydrogen-bond donors (Lipinski definition) is 3. The van der Waals surface area contributed by atoms with Gasteiger partial charge in [-0.15, -0.1) is 0 Å². The van der Waals surface area contributed by atoms with Crippen molar-refractivity contribution >= 4 is 11.8 Å². The molecule has 21 heavy (non-hydrogen) atoms. The smallest absolute Gasteiger partial charge is 0.351 e. The number of aliphatic hydroxyl groups excluding tert-OH is 2. The summed E-state index contributed by atoms with van der Waals surface area (Å²) in [6.45, 7) is 0.728. The van der Waals surface area contributed by atoms with Gasteiger partial charge in [0.1, 0.15) is 18.0 Å². The van der Waals surface area contributed by atoms with Crippen molar-refractivity contribution in [2.45, 2.75) is 31.5 Å². The van der Waals surface area contributed by atoms with Gasteiger partial charge in [0.25, 0.3) is 0 Å². The Labute approximate surface area is 120 Å². The SMILES string of the molecule is CNc1ccn([C@@H]2O[C@H](CO)[C@@H](OC(C)=O)[C@@H]2O)c(=O)n1. The molecule has 3 N–H and O–H groups in total. The van der Waals surface area contributed by atoms with Crippen LogP contribution in [0.1, 0.15) is 13.2 Å². The number of nitrogens with one attached hydrogen (secondary N) is 1. The quantitative estimate of drug-likeness (QED) is 0.572. The average Bonchev–Trinajstić information content (AvgIpc) is 2.75. The second kappa shape index (κ2) is 6.20. The van der Waals surface area contributed by atoms with Crippen molar-refractivity contribution in [2.75, 3.05) is 19.0 Å². The van der Waals surface area contributed by atoms with Crippen LogP contribution in [0.3, 0.4) is 0 Å². The number of aliphatic hydroxyl groups is 2. The summed E-state index contributed by atoms with van der Waals surface area (Å²) in [7, 11) is 1.62. The van der Waals surface area contributed by atoms with Gasteiger partial charge in [0.05, 0.1) is 6.61 Å². The van der Waals surface area contributed by atoms with Gasteiger partial charge < -0.3 is 25.0 Å². The van der Waals surface area contributed by atoms with Gasteiger partial charge in [-0.1, -0.05) is 0 Å². The van der Waals surface area contributed by atoms with E-state index in [1.807, 2.05) is 0 Å². The summed E-state index contributed by atoms with van der Waals surface area (Å²) < 4.78 is 11.4. The molecule has 2 rings (SSSR count). The molecule has 1 aromatic rings. The number of ether oxygens (including phenoxy) is 2. The third-order valence-electron chi connectivity index (χ3n) is 3.15. The molecule has 0 unspecified atom stereocenters. The van der Waals surface area contributed by atoms with E-state index < -0.39 is 42.8 Å². The topological polar surface area (TPSA) is 123 Å². The molecule has 1 saturated heterocycles. The average molecular weight is 299 g/mol. The third-order valence-corrected chi connectivity index (χ3v) is 3.15. The predicted octanol–water partition coefficient (Wildman–Crippen LogP) is -1.53. The Kier molecular flexibility index (Phi) is 4.56. The highest BCUT2D eigenvalue weighted by atomic mass is 16.6. The number of anilines is 1. The summed E-state index contributed by atoms with van der Waals surface area (Å²) in [6.07, 6.45) is -2.93. The number of nitrogens with zero attached hydrogens (tertiary/aromatic N) is 2. The molecule has 1 fully saturated rings. The molecule has 116 valence electrons. The molecule has 1 aromatic heterocycles. The maximum Gasteiger partial charge on any atom is 0.351 e. The van der Waals surface area contributed by atoms with Gasteiger partial charge in [-0.25, -0.2) is 4.79 Å². The first-order valence-electron chi connectivity index (χ1n) is 6.36. The van der Waals surface area contributed by atoms with Gasteiger partial charge in [0, 0.05) is 20.2 Å². The molecule has 0 bridgehead atoms. The maximum absolute atomic E-state index is 11.9. The first-order valence-corrected chi connectivity index (χ1v) is 6.36. The molecule has 0 spiro atoms. The Morgan fingerprint density at radius 3 is 2.86 bits per heavy atom. The summed E-state index contributed by atoms with van der Waals surface area (Å²) in [4.78, 5) is 26.7. The highest BCUT2D eigenvalue weighted by molar-refractivity contribution is 5.66. The second-order valence-electron chi connectivity index (χ2n) is 4.56. The first-order chi connectivity index (χ1) is 9.97. The fourth-order valence-corrected chi connectivity index (χ4v) is 2.18. The van der Waals surface area contributed by atoms with E-state index in [9.17, 15) is 19.8 Å². The van der Waals surface area contributed by atoms with Crippen molar-refractivity contribution in [3.8, 4) is 0 Å². The van der Waals surface area contributed by atoms with E-state index in [0.29, 0.717) is 5.82 Å². The van der Waals surface area contributed by atoms with Crippen LogP contribution < -0.4 is 11.0 Å². The van der Waals surface area contributed by atoms with Crippen molar-refractivity contribution in [2.24, 2.45) is 0 Å². The van der Waals surface area contributed by atoms with Crippen LogP contribution in [0.4, 0.5) is 5.82 Å². The van der Waals surface area contributed by atoms with Gasteiger partial charge >= 0.3 is 11.7 Å². The Balaban J connectivity index is 2.28. The van der Waals surface area contributed by atoms with Crippen LogP contribution in [-0.2, 0) is 14.3 Å². The summed E-state index contributed by atoms with van der Waals surface area (Å²) >= 11 is 0. The largest absolute Gasteiger partial charge is 0.457 e. The van der Waals surface area contributed by atoms with Gasteiger partial charge in [0.15, 0.2) is 12.3 Å². The minimum absolute atomic E-state index is 0.374. The van der Waals surface area contributed by atoms with E-state index >= 15 is 0 Å². The lowest BCUT2D eigenvalue weighted by Gasteiger charge is -2.19. The van der Waals surface area contributed by atoms with Gasteiger partial charge in [-0.2, -0.15) is 4.98 Å². The summed E-state index contributed by atoms with van der Waals surface area (Å²) in [5, 5.41) is 22.1. The molecular weight excluding hydrogens is 282 g/mol. The number of carbonyl (C=O) groups is 1. The minimum Gasteiger partial charge on any atom is -0.457 e. The van der Waals surface area contributed by atoms with E-state index in [1.54, 1.807) is 7.05 Å². The van der Waals surface area contributed by atoms with Crippen LogP contribution in [-0.4, -0.2) is 57.7 Å². The molecule has 9 heteroatoms. The van der Waals surface area contributed by atoms with Crippen molar-refractivity contribution in [3.63, 3.8) is 0 Å². The molecule has 2 heterocycles. The standard InChI is InChI=1S/C12H17N3O6/c1-6(17)20-10-7(5-16)21-11(9(10)18)15-4-3-8(13-2)14-12(15)19/h3-4,7,9-11,16,18H,5H2,1-2H3,(H,13,14,19)/t7-,9+,10-,11-/m1/s1. The number of aromatic nitrogens is 2. The molecule has 0 aliphatic carbocycles. The van der Waals surface area contributed by atoms with E-state index in [1.165, 1.54) is 19.2 Å². The molecule has 0 saturated carbocycles. The van der Waals surface area contributed by atoms with E-state index in [0.717, 1.165) is 4.57 Å². The van der Waals surface area contributed by atoms with E-state index in [2.05, 4.69) is 10.3 Å². The third kappa shape index (κ3) is 3.04. The summed E-state index contributed by atoms with van der Waals surface area (Å²) in [5.41, 5.74) is -0.633. The number of rotatable bonds is 4. The Bertz CT molecular complexity index is 574. The highest BCUT2D eigenvalue weighted by Gasteiger charge is 2.46. The molecule has 1 aliphatic heterocycles. The van der Waals surface area contributed by atoms with Crippen LogP contribution in [0.5, 0.6) is 0 Å². The highest BCUT2D eigenvalue weighted by Crippen LogP contribution is 2.30. The normalized spacial score (nSPS) is 28.4. The first kappa shape index (κ1) is 15.4. The van der Waals surface area contributed by atoms with Crippen molar-refractivity contribution < 1.29 is 24.5 Å². The lowest BCUT2D eigenvalue weighted by molar-refractivity contribution is -0.153. The second-order valence-corrected chi connectivity index (χ2v) is 4.56. The van der Waals surface area contributed by atoms with Gasteiger partial charge in [-0.05, 0) is 6.07 Å². The van der Waals surface area contributed by atoms with E-state index in [4.69, 9.17) is 9.47 Å². The molecule has 4 atom stereocenters. The fraction of sp³-hybridized carbons (Fsp3) is 0.583. The maximum atomic E-state index is 11.9. The Morgan fingerprint density at radius 1 is 1.62 bits per heavy atom. The molecule has 9 nitrogen and oxygen atoms in total. The zero-order valence-corrected chi connectivity index (χ0v) is 11.6. The number of hydrogen-bond acceptors (Lipinski definition) is 8. The monoisotopic (exact) mass is 299 g/mol. The molecule has 0 aromatic carbocycles. The fourth-order valence-electron chi connectivity index (χ4n) is 2.18. The minimum atomic E-state index is -1.29. The Hall–Kier alpha value is -1.97.